The minimum Gasteiger partial charge on any atom is -0.453 e. The molecular formula is C94H106O22. The van der Waals surface area contributed by atoms with Gasteiger partial charge in [0.05, 0.1) is 91.5 Å². The summed E-state index contributed by atoms with van der Waals surface area (Å²) in [5.41, 5.74) is 7.45. The summed E-state index contributed by atoms with van der Waals surface area (Å²) in [6, 6.07) is 87.1. The summed E-state index contributed by atoms with van der Waals surface area (Å²) >= 11 is 0. The molecule has 0 spiro atoms. The first-order valence-electron chi connectivity index (χ1n) is 39.5. The van der Waals surface area contributed by atoms with Crippen LogP contribution in [0.1, 0.15) is 54.9 Å². The Kier molecular flexibility index (Phi) is 33.4. The van der Waals surface area contributed by atoms with Crippen molar-refractivity contribution in [3.05, 3.63) is 336 Å². The Morgan fingerprint density at radius 1 is 0.276 bits per heavy atom. The molecule has 9 aromatic carbocycles. The van der Waals surface area contributed by atoms with Gasteiger partial charge in [0.25, 0.3) is 0 Å². The second-order valence-corrected chi connectivity index (χ2v) is 28.7. The summed E-state index contributed by atoms with van der Waals surface area (Å²) in [6.07, 6.45) is -20.1. The van der Waals surface area contributed by atoms with Crippen LogP contribution >= 0.6 is 0 Å². The first kappa shape index (κ1) is 85.3. The lowest BCUT2D eigenvalue weighted by Gasteiger charge is -2.52. The summed E-state index contributed by atoms with van der Waals surface area (Å²) in [5, 5.41) is 0. The predicted molar refractivity (Wildman–Crippen MR) is 429 cm³/mol. The van der Waals surface area contributed by atoms with Gasteiger partial charge < -0.3 is 99.5 Å². The topological polar surface area (TPSA) is 211 Å². The number of carbonyl (C=O) groups is 1. The van der Waals surface area contributed by atoms with Crippen molar-refractivity contribution in [3.63, 3.8) is 0 Å². The first-order valence-corrected chi connectivity index (χ1v) is 39.5. The van der Waals surface area contributed by atoms with Gasteiger partial charge in [0.15, 0.2) is 31.3 Å². The number of hydrogen-bond acceptors (Lipinski definition) is 22. The van der Waals surface area contributed by atoms with Crippen LogP contribution < -0.4 is 0 Å². The summed E-state index contributed by atoms with van der Waals surface area (Å²) in [4.78, 5) is 14.4. The molecule has 22 nitrogen and oxygen atoms in total. The lowest BCUT2D eigenvalue weighted by Crippen LogP contribution is -2.69. The quantitative estimate of drug-likeness (QED) is 0.0257. The van der Waals surface area contributed by atoms with Gasteiger partial charge in [-0.2, -0.15) is 0 Å². The molecule has 4 aliphatic rings. The van der Waals surface area contributed by atoms with Crippen molar-refractivity contribution in [2.24, 2.45) is 0 Å². The Hall–Kier alpha value is -8.61. The largest absolute Gasteiger partial charge is 0.453 e. The average molecular weight is 1590 g/mol. The number of carbonyl (C=O) groups excluding carboxylic acids is 1. The first-order chi connectivity index (χ1) is 57.2. The van der Waals surface area contributed by atoms with E-state index in [-0.39, 0.29) is 85.9 Å². The van der Waals surface area contributed by atoms with Gasteiger partial charge >= 0.3 is 5.97 Å². The van der Waals surface area contributed by atoms with E-state index in [1.165, 1.54) is 7.11 Å². The van der Waals surface area contributed by atoms with Gasteiger partial charge in [0.2, 0.25) is 0 Å². The molecule has 0 amide bonds. The predicted octanol–water partition coefficient (Wildman–Crippen LogP) is 13.7. The number of esters is 1. The molecule has 9 aromatic rings. The highest BCUT2D eigenvalue weighted by atomic mass is 16.8. The highest BCUT2D eigenvalue weighted by molar-refractivity contribution is 5.89. The summed E-state index contributed by atoms with van der Waals surface area (Å²) in [7, 11) is 6.32. The van der Waals surface area contributed by atoms with Crippen LogP contribution in [0.3, 0.4) is 0 Å². The van der Waals surface area contributed by atoms with Crippen LogP contribution in [0.25, 0.3) is 0 Å². The second-order valence-electron chi connectivity index (χ2n) is 28.7. The third-order valence-corrected chi connectivity index (χ3v) is 20.7. The molecule has 4 aliphatic heterocycles. The Labute approximate surface area is 679 Å². The van der Waals surface area contributed by atoms with Crippen LogP contribution in [-0.4, -0.2) is 190 Å². The fourth-order valence-corrected chi connectivity index (χ4v) is 14.9. The molecule has 0 aromatic heterocycles. The molecule has 614 valence electrons. The molecule has 13 rings (SSSR count). The van der Waals surface area contributed by atoms with Crippen LogP contribution in [0.4, 0.5) is 0 Å². The maximum Gasteiger partial charge on any atom is 0.338 e. The fourth-order valence-electron chi connectivity index (χ4n) is 14.9. The third kappa shape index (κ3) is 23.9. The van der Waals surface area contributed by atoms with Gasteiger partial charge in [-0.3, -0.25) is 0 Å². The fraction of sp³-hybridized carbons (Fsp3) is 0.394. The van der Waals surface area contributed by atoms with Crippen LogP contribution in [0, 0.1) is 0 Å². The molecule has 4 fully saturated rings. The van der Waals surface area contributed by atoms with E-state index in [2.05, 4.69) is 6.58 Å². The van der Waals surface area contributed by atoms with Gasteiger partial charge in [-0.25, -0.2) is 4.79 Å². The minimum atomic E-state index is -1.36. The van der Waals surface area contributed by atoms with Crippen LogP contribution in [0.15, 0.2) is 286 Å². The van der Waals surface area contributed by atoms with Gasteiger partial charge in [0, 0.05) is 28.4 Å². The van der Waals surface area contributed by atoms with E-state index in [1.54, 1.807) is 51.7 Å². The number of methoxy groups -OCH3 is 4. The monoisotopic (exact) mass is 1590 g/mol. The number of ether oxygens (including phenoxy) is 21. The minimum absolute atomic E-state index is 0.0186. The van der Waals surface area contributed by atoms with Gasteiger partial charge in [-0.05, 0) is 56.6 Å². The molecule has 4 heterocycles. The molecule has 0 saturated carbocycles. The third-order valence-electron chi connectivity index (χ3n) is 20.7. The zero-order chi connectivity index (χ0) is 79.9. The zero-order valence-electron chi connectivity index (χ0n) is 66.0. The van der Waals surface area contributed by atoms with Crippen molar-refractivity contribution in [2.75, 3.05) is 61.5 Å². The van der Waals surface area contributed by atoms with Crippen molar-refractivity contribution in [1.29, 1.82) is 0 Å². The Balaban J connectivity index is 0.886. The maximum atomic E-state index is 14.4. The SMILES string of the molecule is C=CCO[C@H]1O[C@H](COCc2ccccc2)[C@@H](O[C@H]2O[C@H](COCc3ccccc3)[C@@H](O[C@H]3O[C@H](COCc4ccccc4)[C@@H](O[C@H]4O[C@H](COCc5ccccc5)[C@@H](OC(=O)c5ccccc5)[C@H](OC)[C@@H]4OCc4ccccc4)[C@H](OC)[C@@H]3OCc3ccccc3)[C@H](OC)[C@@H]2OCc2ccccc2)[C@H](OC)[C@@H]1OCc1ccccc1. The van der Waals surface area contributed by atoms with E-state index in [4.69, 9.17) is 99.5 Å². The molecule has 22 heteroatoms. The number of rotatable bonds is 43. The van der Waals surface area contributed by atoms with Gasteiger partial charge in [0.1, 0.15) is 91.6 Å². The van der Waals surface area contributed by atoms with Crippen molar-refractivity contribution < 1.29 is 104 Å². The lowest BCUT2D eigenvalue weighted by atomic mass is 9.94. The molecule has 116 heavy (non-hydrogen) atoms. The highest BCUT2D eigenvalue weighted by Crippen LogP contribution is 2.41. The Bertz CT molecular complexity index is 4210. The molecule has 0 radical (unpaired) electrons. The molecular weight excluding hydrogens is 1480 g/mol. The molecule has 0 N–H and O–H groups in total. The zero-order valence-corrected chi connectivity index (χ0v) is 66.0. The summed E-state index contributed by atoms with van der Waals surface area (Å²) in [6.45, 7) is 5.06. The van der Waals surface area contributed by atoms with E-state index >= 15 is 0 Å². The van der Waals surface area contributed by atoms with Crippen LogP contribution in [0.5, 0.6) is 0 Å². The normalized spacial score (nSPS) is 27.4. The van der Waals surface area contributed by atoms with Crippen molar-refractivity contribution >= 4 is 5.97 Å². The van der Waals surface area contributed by atoms with Crippen LogP contribution in [-0.2, 0) is 152 Å². The van der Waals surface area contributed by atoms with E-state index in [0.717, 1.165) is 44.5 Å². The Morgan fingerprint density at radius 2 is 0.500 bits per heavy atom. The van der Waals surface area contributed by atoms with E-state index in [1.807, 2.05) is 249 Å². The smallest absolute Gasteiger partial charge is 0.338 e. The highest BCUT2D eigenvalue weighted by Gasteiger charge is 2.59. The average Bonchev–Trinajstić information content (AvgIpc) is 0.757. The second kappa shape index (κ2) is 45.4. The van der Waals surface area contributed by atoms with E-state index in [0.29, 0.717) is 5.56 Å². The van der Waals surface area contributed by atoms with Gasteiger partial charge in [-0.15, -0.1) is 6.58 Å². The molecule has 4 saturated heterocycles. The summed E-state index contributed by atoms with van der Waals surface area (Å²) in [5.74, 6) is -0.605. The number of hydrogen-bond donors (Lipinski definition) is 0. The van der Waals surface area contributed by atoms with E-state index in [9.17, 15) is 4.79 Å². The van der Waals surface area contributed by atoms with Gasteiger partial charge in [-0.1, -0.05) is 267 Å². The molecule has 0 unspecified atom stereocenters. The lowest BCUT2D eigenvalue weighted by molar-refractivity contribution is -0.399. The van der Waals surface area contributed by atoms with Crippen molar-refractivity contribution in [3.8, 4) is 0 Å². The maximum absolute atomic E-state index is 14.4. The molecule has 0 aliphatic carbocycles. The molecule has 20 atom stereocenters. The van der Waals surface area contributed by atoms with Crippen LogP contribution in [0.2, 0.25) is 0 Å². The van der Waals surface area contributed by atoms with Crippen molar-refractivity contribution in [2.45, 2.75) is 176 Å². The number of benzene rings is 9. The Morgan fingerprint density at radius 3 is 0.759 bits per heavy atom. The van der Waals surface area contributed by atoms with Crippen molar-refractivity contribution in [1.82, 2.24) is 0 Å². The summed E-state index contributed by atoms with van der Waals surface area (Å²) < 4.78 is 147. The molecule has 0 bridgehead atoms. The standard InChI is InChI=1S/C94H106O22/c1-6-52-104-91-86(105-57-69-42-24-11-25-43-69)83(97-3)79(75(109-91)62-101-54-66-36-18-8-19-37-66)114-93-88(107-59-71-46-28-13-29-47-71)85(99-5)81(77(111-93)64-103-56-68-40-22-10-23-41-68)116-94-89(108-60-72-48-30-14-31-49-72)84(98-4)80(76(112-94)63-102-55-67-38-20-9-21-39-67)115-92-87(106-58-70-44-26-12-27-45-70)82(96-2)78(113-90(95)73-50-32-15-33-51-73)74(110-92)61-100-53-65-34-16-7-17-35-65/h6-51,74-89,91-94H,1,52-64H2,2-5H3/t74-,75-,76-,77-,78-,79-,80-,81-,82+,83+,84+,85+,86+,87+,88+,89+,91+,92-,93-,94-/m1/s1. The van der Waals surface area contributed by atoms with E-state index < -0.39 is 129 Å².